The summed E-state index contributed by atoms with van der Waals surface area (Å²) in [7, 11) is 0. The zero-order chi connectivity index (χ0) is 23.0. The lowest BCUT2D eigenvalue weighted by molar-refractivity contribution is 0.102. The second kappa shape index (κ2) is 7.68. The van der Waals surface area contributed by atoms with E-state index in [2.05, 4.69) is 30.8 Å². The summed E-state index contributed by atoms with van der Waals surface area (Å²) in [4.78, 5) is 21.6. The van der Waals surface area contributed by atoms with Crippen molar-refractivity contribution >= 4 is 22.6 Å². The number of piperidine rings is 1. The lowest BCUT2D eigenvalue weighted by Crippen LogP contribution is -2.29. The minimum absolute atomic E-state index is 0.294. The molecule has 5 rings (SSSR count). The standard InChI is InChI=1S/C21H22N8O/c1-28-12-15(10-24-28)18-3-2-14-9-23-20(8-19(14)26-18)27-21(30)16-11-25-29(13-16)17-4-6-22-7-5-17/h2-3,8-13,17,22H,4-7H2,1H3,(H,23,27,30)/i1D3. The maximum atomic E-state index is 12.7. The van der Waals surface area contributed by atoms with Crippen molar-refractivity contribution in [3.8, 4) is 11.3 Å². The molecule has 1 amide bonds. The van der Waals surface area contributed by atoms with Crippen LogP contribution in [-0.2, 0) is 6.98 Å². The number of nitrogens with one attached hydrogen (secondary N) is 2. The summed E-state index contributed by atoms with van der Waals surface area (Å²) in [5.41, 5.74) is 2.24. The first-order valence-electron chi connectivity index (χ1n) is 11.3. The van der Waals surface area contributed by atoms with E-state index in [4.69, 9.17) is 4.11 Å². The summed E-state index contributed by atoms with van der Waals surface area (Å²) >= 11 is 0. The minimum atomic E-state index is -2.35. The Kier molecular flexibility index (Phi) is 3.91. The molecule has 152 valence electrons. The van der Waals surface area contributed by atoms with Gasteiger partial charge in [0.25, 0.3) is 5.91 Å². The molecular formula is C21H22N8O. The van der Waals surface area contributed by atoms with Gasteiger partial charge in [0.05, 0.1) is 35.2 Å². The van der Waals surface area contributed by atoms with Gasteiger partial charge in [0.1, 0.15) is 5.82 Å². The van der Waals surface area contributed by atoms with E-state index in [1.54, 1.807) is 30.7 Å². The third kappa shape index (κ3) is 3.67. The third-order valence-corrected chi connectivity index (χ3v) is 5.24. The minimum Gasteiger partial charge on any atom is -0.317 e. The van der Waals surface area contributed by atoms with Gasteiger partial charge in [-0.25, -0.2) is 9.97 Å². The van der Waals surface area contributed by atoms with Gasteiger partial charge in [-0.15, -0.1) is 0 Å². The van der Waals surface area contributed by atoms with Crippen LogP contribution in [0, 0.1) is 0 Å². The smallest absolute Gasteiger partial charge is 0.260 e. The predicted octanol–water partition coefficient (Wildman–Crippen LogP) is 2.40. The van der Waals surface area contributed by atoms with Gasteiger partial charge in [0.2, 0.25) is 0 Å². The van der Waals surface area contributed by atoms with Crippen molar-refractivity contribution in [3.63, 3.8) is 0 Å². The molecule has 0 bridgehead atoms. The van der Waals surface area contributed by atoms with Crippen LogP contribution in [0.2, 0.25) is 0 Å². The summed E-state index contributed by atoms with van der Waals surface area (Å²) in [5, 5.41) is 15.2. The van der Waals surface area contributed by atoms with Gasteiger partial charge in [0, 0.05) is 46.7 Å². The van der Waals surface area contributed by atoms with Crippen molar-refractivity contribution in [1.29, 1.82) is 0 Å². The monoisotopic (exact) mass is 405 g/mol. The molecule has 0 spiro atoms. The highest BCUT2D eigenvalue weighted by Gasteiger charge is 2.18. The second-order valence-electron chi connectivity index (χ2n) is 7.28. The van der Waals surface area contributed by atoms with Gasteiger partial charge >= 0.3 is 0 Å². The first-order chi connectivity index (χ1) is 15.9. The fraction of sp³-hybridized carbons (Fsp3) is 0.286. The zero-order valence-corrected chi connectivity index (χ0v) is 16.1. The number of pyridine rings is 2. The highest BCUT2D eigenvalue weighted by molar-refractivity contribution is 6.04. The molecule has 0 aliphatic carbocycles. The number of anilines is 1. The molecule has 30 heavy (non-hydrogen) atoms. The lowest BCUT2D eigenvalue weighted by Gasteiger charge is -2.22. The number of fused-ring (bicyclic) bond motifs is 1. The number of amides is 1. The van der Waals surface area contributed by atoms with Crippen LogP contribution >= 0.6 is 0 Å². The van der Waals surface area contributed by atoms with Crippen LogP contribution in [0.25, 0.3) is 22.2 Å². The number of rotatable bonds is 4. The number of hydrogen-bond donors (Lipinski definition) is 2. The predicted molar refractivity (Wildman–Crippen MR) is 113 cm³/mol. The molecule has 1 aliphatic heterocycles. The molecule has 0 saturated carbocycles. The van der Waals surface area contributed by atoms with Crippen molar-refractivity contribution in [1.82, 2.24) is 34.8 Å². The Hall–Kier alpha value is -3.59. The molecule has 1 aliphatic rings. The Morgan fingerprint density at radius 1 is 1.20 bits per heavy atom. The van der Waals surface area contributed by atoms with E-state index in [9.17, 15) is 4.79 Å². The second-order valence-corrected chi connectivity index (χ2v) is 7.28. The lowest BCUT2D eigenvalue weighted by atomic mass is 10.1. The molecule has 4 aromatic heterocycles. The summed E-state index contributed by atoms with van der Waals surface area (Å²) in [5.74, 6) is 0.0714. The molecule has 9 heteroatoms. The topological polar surface area (TPSA) is 103 Å². The summed E-state index contributed by atoms with van der Waals surface area (Å²) < 4.78 is 25.2. The van der Waals surface area contributed by atoms with Gasteiger partial charge in [0.15, 0.2) is 0 Å². The molecule has 4 aromatic rings. The first kappa shape index (κ1) is 15.3. The van der Waals surface area contributed by atoms with E-state index < -0.39 is 6.98 Å². The van der Waals surface area contributed by atoms with Crippen LogP contribution in [-0.4, -0.2) is 48.5 Å². The molecule has 1 saturated heterocycles. The van der Waals surface area contributed by atoms with Crippen LogP contribution in [0.15, 0.2) is 49.2 Å². The number of aryl methyl sites for hydroxylation is 1. The third-order valence-electron chi connectivity index (χ3n) is 5.24. The molecule has 0 aromatic carbocycles. The van der Waals surface area contributed by atoms with E-state index in [1.165, 1.54) is 12.4 Å². The van der Waals surface area contributed by atoms with Gasteiger partial charge in [-0.1, -0.05) is 0 Å². The average molecular weight is 405 g/mol. The van der Waals surface area contributed by atoms with Crippen molar-refractivity contribution < 1.29 is 8.91 Å². The van der Waals surface area contributed by atoms with Crippen molar-refractivity contribution in [3.05, 3.63) is 54.7 Å². The van der Waals surface area contributed by atoms with Crippen LogP contribution in [0.1, 0.15) is 33.4 Å². The maximum absolute atomic E-state index is 12.7. The quantitative estimate of drug-likeness (QED) is 0.541. The number of carbonyl (C=O) groups excluding carboxylic acids is 1. The van der Waals surface area contributed by atoms with E-state index in [0.29, 0.717) is 34.2 Å². The Balaban J connectivity index is 1.35. The fourth-order valence-electron chi connectivity index (χ4n) is 3.62. The van der Waals surface area contributed by atoms with Gasteiger partial charge < -0.3 is 10.6 Å². The highest BCUT2D eigenvalue weighted by Crippen LogP contribution is 2.22. The molecule has 5 heterocycles. The van der Waals surface area contributed by atoms with Gasteiger partial charge in [-0.2, -0.15) is 10.2 Å². The summed E-state index contributed by atoms with van der Waals surface area (Å²) in [6.45, 7) is -0.462. The number of hydrogen-bond acceptors (Lipinski definition) is 6. The van der Waals surface area contributed by atoms with E-state index >= 15 is 0 Å². The zero-order valence-electron chi connectivity index (χ0n) is 19.1. The van der Waals surface area contributed by atoms with Crippen LogP contribution < -0.4 is 10.6 Å². The van der Waals surface area contributed by atoms with Crippen LogP contribution in [0.4, 0.5) is 5.82 Å². The van der Waals surface area contributed by atoms with Crippen molar-refractivity contribution in [2.24, 2.45) is 6.98 Å². The maximum Gasteiger partial charge on any atom is 0.260 e. The largest absolute Gasteiger partial charge is 0.317 e. The fourth-order valence-corrected chi connectivity index (χ4v) is 3.62. The molecular weight excluding hydrogens is 380 g/mol. The Morgan fingerprint density at radius 3 is 2.93 bits per heavy atom. The molecule has 2 N–H and O–H groups in total. The Bertz CT molecular complexity index is 1310. The summed E-state index contributed by atoms with van der Waals surface area (Å²) in [6, 6.07) is 5.59. The molecule has 1 fully saturated rings. The van der Waals surface area contributed by atoms with Gasteiger partial charge in [-0.3, -0.25) is 14.2 Å². The van der Waals surface area contributed by atoms with Crippen molar-refractivity contribution in [2.75, 3.05) is 18.4 Å². The summed E-state index contributed by atoms with van der Waals surface area (Å²) in [6.07, 6.45) is 9.83. The normalized spacial score (nSPS) is 16.7. The molecule has 0 radical (unpaired) electrons. The number of nitrogens with zero attached hydrogens (tertiary/aromatic N) is 6. The van der Waals surface area contributed by atoms with E-state index in [0.717, 1.165) is 36.0 Å². The SMILES string of the molecule is [2H]C([2H])([2H])n1cc(-c2ccc3cnc(NC(=O)c4cnn(C5CCNCC5)c4)cc3n2)cn1. The highest BCUT2D eigenvalue weighted by atomic mass is 16.1. The molecule has 0 unspecified atom stereocenters. The van der Waals surface area contributed by atoms with E-state index in [1.807, 2.05) is 10.7 Å². The van der Waals surface area contributed by atoms with Crippen molar-refractivity contribution in [2.45, 2.75) is 18.9 Å². The first-order valence-corrected chi connectivity index (χ1v) is 9.75. The van der Waals surface area contributed by atoms with Crippen LogP contribution in [0.5, 0.6) is 0 Å². The number of carbonyl (C=O) groups is 1. The van der Waals surface area contributed by atoms with Crippen LogP contribution in [0.3, 0.4) is 0 Å². The molecule has 0 atom stereocenters. The van der Waals surface area contributed by atoms with Gasteiger partial charge in [-0.05, 0) is 38.1 Å². The molecule has 9 nitrogen and oxygen atoms in total. The Labute approximate surface area is 177 Å². The average Bonchev–Trinajstić information content (AvgIpc) is 3.49. The van der Waals surface area contributed by atoms with E-state index in [-0.39, 0.29) is 5.91 Å². The number of aromatic nitrogens is 6. The Morgan fingerprint density at radius 2 is 2.10 bits per heavy atom.